The highest BCUT2D eigenvalue weighted by Crippen LogP contribution is 2.37. The SMILES string of the molecule is COc1cccc(C(O)(C(C)C)C(C)C)c1. The summed E-state index contributed by atoms with van der Waals surface area (Å²) in [6.45, 7) is 8.16. The van der Waals surface area contributed by atoms with Crippen molar-refractivity contribution in [3.8, 4) is 5.75 Å². The Balaban J connectivity index is 3.21. The van der Waals surface area contributed by atoms with Crippen LogP contribution in [0.3, 0.4) is 0 Å². The van der Waals surface area contributed by atoms with E-state index in [4.69, 9.17) is 4.74 Å². The van der Waals surface area contributed by atoms with Crippen molar-refractivity contribution in [2.45, 2.75) is 33.3 Å². The highest BCUT2D eigenvalue weighted by atomic mass is 16.5. The second-order valence-corrected chi connectivity index (χ2v) is 4.87. The van der Waals surface area contributed by atoms with Gasteiger partial charge >= 0.3 is 0 Å². The predicted molar refractivity (Wildman–Crippen MR) is 66.6 cm³/mol. The smallest absolute Gasteiger partial charge is 0.119 e. The molecule has 0 spiro atoms. The lowest BCUT2D eigenvalue weighted by Crippen LogP contribution is -2.37. The van der Waals surface area contributed by atoms with Gasteiger partial charge in [0, 0.05) is 0 Å². The fraction of sp³-hybridized carbons (Fsp3) is 0.571. The predicted octanol–water partition coefficient (Wildman–Crippen LogP) is 3.19. The molecule has 0 atom stereocenters. The van der Waals surface area contributed by atoms with Crippen molar-refractivity contribution in [3.05, 3.63) is 29.8 Å². The maximum absolute atomic E-state index is 10.8. The topological polar surface area (TPSA) is 29.5 Å². The Morgan fingerprint density at radius 3 is 2.12 bits per heavy atom. The third-order valence-electron chi connectivity index (χ3n) is 3.29. The standard InChI is InChI=1S/C14H22O2/c1-10(2)14(15,11(3)4)12-7-6-8-13(9-12)16-5/h6-11,15H,1-5H3. The molecule has 0 unspecified atom stereocenters. The van der Waals surface area contributed by atoms with E-state index in [0.29, 0.717) is 0 Å². The molecule has 0 radical (unpaired) electrons. The number of benzene rings is 1. The molecular weight excluding hydrogens is 200 g/mol. The molecule has 0 amide bonds. The molecule has 1 aromatic rings. The van der Waals surface area contributed by atoms with Gasteiger partial charge in [-0.2, -0.15) is 0 Å². The molecule has 1 aromatic carbocycles. The first-order valence-corrected chi connectivity index (χ1v) is 5.79. The van der Waals surface area contributed by atoms with Crippen LogP contribution in [0.1, 0.15) is 33.3 Å². The average Bonchev–Trinajstić information content (AvgIpc) is 2.27. The van der Waals surface area contributed by atoms with Crippen molar-refractivity contribution in [2.24, 2.45) is 11.8 Å². The molecule has 2 nitrogen and oxygen atoms in total. The summed E-state index contributed by atoms with van der Waals surface area (Å²) in [7, 11) is 1.64. The van der Waals surface area contributed by atoms with Crippen molar-refractivity contribution in [3.63, 3.8) is 0 Å². The first-order valence-electron chi connectivity index (χ1n) is 5.79. The van der Waals surface area contributed by atoms with Crippen LogP contribution in [0.5, 0.6) is 5.75 Å². The summed E-state index contributed by atoms with van der Waals surface area (Å²) in [4.78, 5) is 0. The Morgan fingerprint density at radius 2 is 1.69 bits per heavy atom. The van der Waals surface area contributed by atoms with Crippen LogP contribution in [-0.2, 0) is 5.60 Å². The van der Waals surface area contributed by atoms with Crippen LogP contribution >= 0.6 is 0 Å². The molecule has 0 aliphatic rings. The Hall–Kier alpha value is -1.02. The molecule has 0 aromatic heterocycles. The summed E-state index contributed by atoms with van der Waals surface area (Å²) in [6, 6.07) is 7.69. The first kappa shape index (κ1) is 13.0. The second kappa shape index (κ2) is 4.88. The molecule has 0 aliphatic carbocycles. The lowest BCUT2D eigenvalue weighted by atomic mass is 9.75. The van der Waals surface area contributed by atoms with Crippen LogP contribution in [0.25, 0.3) is 0 Å². The van der Waals surface area contributed by atoms with Gasteiger partial charge in [0.2, 0.25) is 0 Å². The molecule has 0 bridgehead atoms. The van der Waals surface area contributed by atoms with Gasteiger partial charge in [-0.25, -0.2) is 0 Å². The minimum absolute atomic E-state index is 0.166. The van der Waals surface area contributed by atoms with E-state index in [9.17, 15) is 5.11 Å². The van der Waals surface area contributed by atoms with E-state index in [0.717, 1.165) is 11.3 Å². The van der Waals surface area contributed by atoms with Gasteiger partial charge in [0.05, 0.1) is 12.7 Å². The number of hydrogen-bond acceptors (Lipinski definition) is 2. The summed E-state index contributed by atoms with van der Waals surface area (Å²) in [5, 5.41) is 10.8. The summed E-state index contributed by atoms with van der Waals surface area (Å²) in [6.07, 6.45) is 0. The quantitative estimate of drug-likeness (QED) is 0.847. The second-order valence-electron chi connectivity index (χ2n) is 4.87. The molecule has 1 N–H and O–H groups in total. The highest BCUT2D eigenvalue weighted by Gasteiger charge is 2.36. The van der Waals surface area contributed by atoms with E-state index >= 15 is 0 Å². The summed E-state index contributed by atoms with van der Waals surface area (Å²) < 4.78 is 5.20. The van der Waals surface area contributed by atoms with Gasteiger partial charge in [-0.1, -0.05) is 39.8 Å². The maximum Gasteiger partial charge on any atom is 0.119 e. The molecule has 1 rings (SSSR count). The van der Waals surface area contributed by atoms with Crippen LogP contribution in [0.2, 0.25) is 0 Å². The number of ether oxygens (including phenoxy) is 1. The number of hydrogen-bond donors (Lipinski definition) is 1. The zero-order chi connectivity index (χ0) is 12.3. The molecule has 0 aliphatic heterocycles. The van der Waals surface area contributed by atoms with Crippen molar-refractivity contribution in [1.82, 2.24) is 0 Å². The van der Waals surface area contributed by atoms with E-state index in [1.807, 2.05) is 52.0 Å². The number of methoxy groups -OCH3 is 1. The zero-order valence-electron chi connectivity index (χ0n) is 10.8. The molecule has 0 saturated carbocycles. The lowest BCUT2D eigenvalue weighted by molar-refractivity contribution is -0.0532. The molecule has 16 heavy (non-hydrogen) atoms. The Labute approximate surface area is 98.3 Å². The van der Waals surface area contributed by atoms with Crippen molar-refractivity contribution >= 4 is 0 Å². The summed E-state index contributed by atoms with van der Waals surface area (Å²) >= 11 is 0. The molecule has 0 saturated heterocycles. The van der Waals surface area contributed by atoms with Crippen LogP contribution < -0.4 is 4.74 Å². The summed E-state index contributed by atoms with van der Waals surface area (Å²) in [5.41, 5.74) is 0.131. The van der Waals surface area contributed by atoms with Crippen LogP contribution in [0, 0.1) is 11.8 Å². The normalized spacial score (nSPS) is 12.2. The average molecular weight is 222 g/mol. The molecule has 90 valence electrons. The van der Waals surface area contributed by atoms with Crippen LogP contribution in [-0.4, -0.2) is 12.2 Å². The largest absolute Gasteiger partial charge is 0.497 e. The molecule has 0 heterocycles. The molecule has 2 heteroatoms. The third-order valence-corrected chi connectivity index (χ3v) is 3.29. The Kier molecular flexibility index (Phi) is 3.98. The molecule has 0 fully saturated rings. The number of aliphatic hydroxyl groups is 1. The van der Waals surface area contributed by atoms with Gasteiger partial charge < -0.3 is 9.84 Å². The van der Waals surface area contributed by atoms with Gasteiger partial charge in [-0.15, -0.1) is 0 Å². The van der Waals surface area contributed by atoms with Crippen molar-refractivity contribution < 1.29 is 9.84 Å². The van der Waals surface area contributed by atoms with Crippen molar-refractivity contribution in [2.75, 3.05) is 7.11 Å². The maximum atomic E-state index is 10.8. The van der Waals surface area contributed by atoms with E-state index in [2.05, 4.69) is 0 Å². The van der Waals surface area contributed by atoms with E-state index in [1.54, 1.807) is 7.11 Å². The van der Waals surface area contributed by atoms with Crippen molar-refractivity contribution in [1.29, 1.82) is 0 Å². The summed E-state index contributed by atoms with van der Waals surface area (Å²) in [5.74, 6) is 1.12. The van der Waals surface area contributed by atoms with Gasteiger partial charge in [0.25, 0.3) is 0 Å². The van der Waals surface area contributed by atoms with E-state index in [1.165, 1.54) is 0 Å². The van der Waals surface area contributed by atoms with Gasteiger partial charge in [-0.3, -0.25) is 0 Å². The number of rotatable bonds is 4. The molecular formula is C14H22O2. The Morgan fingerprint density at radius 1 is 1.12 bits per heavy atom. The first-order chi connectivity index (χ1) is 7.42. The van der Waals surface area contributed by atoms with Gasteiger partial charge in [0.15, 0.2) is 0 Å². The fourth-order valence-corrected chi connectivity index (χ4v) is 2.21. The van der Waals surface area contributed by atoms with Crippen LogP contribution in [0.15, 0.2) is 24.3 Å². The van der Waals surface area contributed by atoms with Gasteiger partial charge in [0.1, 0.15) is 5.75 Å². The highest BCUT2D eigenvalue weighted by molar-refractivity contribution is 5.33. The van der Waals surface area contributed by atoms with Crippen LogP contribution in [0.4, 0.5) is 0 Å². The third kappa shape index (κ3) is 2.22. The minimum atomic E-state index is -0.797. The van der Waals surface area contributed by atoms with E-state index in [-0.39, 0.29) is 11.8 Å². The van der Waals surface area contributed by atoms with Gasteiger partial charge in [-0.05, 0) is 29.5 Å². The fourth-order valence-electron chi connectivity index (χ4n) is 2.21. The monoisotopic (exact) mass is 222 g/mol. The zero-order valence-corrected chi connectivity index (χ0v) is 10.8. The van der Waals surface area contributed by atoms with E-state index < -0.39 is 5.60 Å². The Bertz CT molecular complexity index is 334. The minimum Gasteiger partial charge on any atom is -0.497 e. The lowest BCUT2D eigenvalue weighted by Gasteiger charge is -2.36.